The topological polar surface area (TPSA) is 46.5 Å². The number of aromatic nitrogens is 1. The third-order valence-corrected chi connectivity index (χ3v) is 6.34. The first kappa shape index (κ1) is 22.0. The molecule has 5 nitrogen and oxygen atoms in total. The van der Waals surface area contributed by atoms with Crippen LogP contribution in [0.2, 0.25) is 0 Å². The first-order valence-electron chi connectivity index (χ1n) is 11.4. The maximum atomic E-state index is 13.8. The van der Waals surface area contributed by atoms with E-state index < -0.39 is 0 Å². The number of carbonyl (C=O) groups excluding carboxylic acids is 1. The predicted molar refractivity (Wildman–Crippen MR) is 130 cm³/mol. The highest BCUT2D eigenvalue weighted by molar-refractivity contribution is 5.92. The number of nitrogens with one attached hydrogen (secondary N) is 1. The Kier molecular flexibility index (Phi) is 6.26. The molecule has 5 heteroatoms. The minimum absolute atomic E-state index is 0.0802. The Balaban J connectivity index is 1.76. The number of rotatable bonds is 5. The number of carbonyl (C=O) groups is 1. The average Bonchev–Trinajstić information content (AvgIpc) is 3.27. The zero-order chi connectivity index (χ0) is 22.8. The van der Waals surface area contributed by atoms with Crippen LogP contribution < -0.4 is 10.1 Å². The van der Waals surface area contributed by atoms with Crippen molar-refractivity contribution in [1.29, 1.82) is 0 Å². The number of urea groups is 1. The molecule has 0 aliphatic carbocycles. The molecule has 32 heavy (non-hydrogen) atoms. The number of hydrogen-bond donors (Lipinski definition) is 1. The lowest BCUT2D eigenvalue weighted by atomic mass is 9.92. The third kappa shape index (κ3) is 3.99. The number of anilines is 1. The SMILES string of the molecule is COc1ccccc1[C@H]1c2cccn2CCN1C(=O)Nc1c(C(C)C)cccc1C(C)C. The summed E-state index contributed by atoms with van der Waals surface area (Å²) in [5.74, 6) is 1.41. The van der Waals surface area contributed by atoms with E-state index >= 15 is 0 Å². The van der Waals surface area contributed by atoms with Crippen LogP contribution >= 0.6 is 0 Å². The van der Waals surface area contributed by atoms with Gasteiger partial charge in [-0.05, 0) is 41.2 Å². The molecular formula is C27H33N3O2. The maximum absolute atomic E-state index is 13.8. The molecule has 0 saturated carbocycles. The van der Waals surface area contributed by atoms with Gasteiger partial charge in [0.05, 0.1) is 7.11 Å². The van der Waals surface area contributed by atoms with Crippen LogP contribution in [0.5, 0.6) is 5.75 Å². The van der Waals surface area contributed by atoms with Crippen LogP contribution in [0.15, 0.2) is 60.8 Å². The van der Waals surface area contributed by atoms with Crippen LogP contribution in [0.4, 0.5) is 10.5 Å². The number of ether oxygens (including phenoxy) is 1. The van der Waals surface area contributed by atoms with Gasteiger partial charge < -0.3 is 19.5 Å². The molecule has 0 radical (unpaired) electrons. The Morgan fingerprint density at radius 1 is 0.938 bits per heavy atom. The molecule has 1 aliphatic rings. The van der Waals surface area contributed by atoms with Gasteiger partial charge in [-0.15, -0.1) is 0 Å². The summed E-state index contributed by atoms with van der Waals surface area (Å²) in [5, 5.41) is 3.31. The smallest absolute Gasteiger partial charge is 0.322 e. The largest absolute Gasteiger partial charge is 0.496 e. The summed E-state index contributed by atoms with van der Waals surface area (Å²) in [7, 11) is 1.68. The minimum atomic E-state index is -0.219. The molecule has 0 saturated heterocycles. The number of methoxy groups -OCH3 is 1. The fraction of sp³-hybridized carbons (Fsp3) is 0.370. The number of para-hydroxylation sites is 2. The van der Waals surface area contributed by atoms with Crippen LogP contribution in [-0.2, 0) is 6.54 Å². The molecule has 1 atom stereocenters. The standard InChI is InChI=1S/C27H33N3O2/c1-18(2)20-11-8-12-21(19(3)4)25(20)28-27(31)30-17-16-29-15-9-13-23(29)26(30)22-10-6-7-14-24(22)32-5/h6-15,18-19,26H,16-17H2,1-5H3,(H,28,31)/t26-/m0/s1. The fourth-order valence-corrected chi connectivity index (χ4v) is 4.70. The van der Waals surface area contributed by atoms with Gasteiger partial charge in [-0.25, -0.2) is 4.79 Å². The van der Waals surface area contributed by atoms with Crippen LogP contribution in [0.25, 0.3) is 0 Å². The Morgan fingerprint density at radius 3 is 2.28 bits per heavy atom. The monoisotopic (exact) mass is 431 g/mol. The average molecular weight is 432 g/mol. The van der Waals surface area contributed by atoms with Crippen LogP contribution in [0, 0.1) is 0 Å². The van der Waals surface area contributed by atoms with Crippen molar-refractivity contribution in [1.82, 2.24) is 9.47 Å². The number of benzene rings is 2. The van der Waals surface area contributed by atoms with Gasteiger partial charge in [0.15, 0.2) is 0 Å². The van der Waals surface area contributed by atoms with E-state index in [1.165, 1.54) is 11.1 Å². The molecule has 2 heterocycles. The van der Waals surface area contributed by atoms with Crippen molar-refractivity contribution in [3.63, 3.8) is 0 Å². The summed E-state index contributed by atoms with van der Waals surface area (Å²) in [6, 6.07) is 18.1. The zero-order valence-electron chi connectivity index (χ0n) is 19.6. The van der Waals surface area contributed by atoms with E-state index in [2.05, 4.69) is 68.0 Å². The fourth-order valence-electron chi connectivity index (χ4n) is 4.70. The third-order valence-electron chi connectivity index (χ3n) is 6.34. The summed E-state index contributed by atoms with van der Waals surface area (Å²) in [5.41, 5.74) is 5.36. The van der Waals surface area contributed by atoms with Crippen LogP contribution in [0.1, 0.15) is 68.0 Å². The van der Waals surface area contributed by atoms with E-state index in [0.717, 1.165) is 29.2 Å². The molecule has 1 aromatic heterocycles. The predicted octanol–water partition coefficient (Wildman–Crippen LogP) is 6.38. The molecular weight excluding hydrogens is 398 g/mol. The highest BCUT2D eigenvalue weighted by Crippen LogP contribution is 2.38. The maximum Gasteiger partial charge on any atom is 0.322 e. The second-order valence-electron chi connectivity index (χ2n) is 9.02. The lowest BCUT2D eigenvalue weighted by molar-refractivity contribution is 0.180. The molecule has 0 unspecified atom stereocenters. The lowest BCUT2D eigenvalue weighted by Gasteiger charge is -2.38. The van der Waals surface area contributed by atoms with Crippen LogP contribution in [-0.4, -0.2) is 29.2 Å². The van der Waals surface area contributed by atoms with E-state index in [4.69, 9.17) is 4.74 Å². The van der Waals surface area contributed by atoms with Gasteiger partial charge >= 0.3 is 6.03 Å². The van der Waals surface area contributed by atoms with Crippen molar-refractivity contribution in [2.75, 3.05) is 19.0 Å². The number of amides is 2. The van der Waals surface area contributed by atoms with Gasteiger partial charge in [0.2, 0.25) is 0 Å². The molecule has 1 N–H and O–H groups in total. The number of fused-ring (bicyclic) bond motifs is 1. The van der Waals surface area contributed by atoms with E-state index in [-0.39, 0.29) is 12.1 Å². The van der Waals surface area contributed by atoms with Crippen molar-refractivity contribution in [3.05, 3.63) is 83.2 Å². The Labute approximate surface area is 191 Å². The summed E-state index contributed by atoms with van der Waals surface area (Å²) < 4.78 is 7.89. The van der Waals surface area contributed by atoms with Gasteiger partial charge in [-0.1, -0.05) is 64.1 Å². The molecule has 168 valence electrons. The Morgan fingerprint density at radius 2 is 1.62 bits per heavy atom. The molecule has 0 spiro atoms. The molecule has 2 aromatic carbocycles. The second kappa shape index (κ2) is 9.11. The van der Waals surface area contributed by atoms with Gasteiger partial charge in [-0.3, -0.25) is 0 Å². The minimum Gasteiger partial charge on any atom is -0.496 e. The molecule has 2 amide bonds. The van der Waals surface area contributed by atoms with Crippen molar-refractivity contribution in [3.8, 4) is 5.75 Å². The van der Waals surface area contributed by atoms with E-state index in [1.54, 1.807) is 7.11 Å². The van der Waals surface area contributed by atoms with Gasteiger partial charge in [0, 0.05) is 36.2 Å². The summed E-state index contributed by atoms with van der Waals surface area (Å²) in [6.45, 7) is 10.1. The van der Waals surface area contributed by atoms with E-state index in [1.807, 2.05) is 35.2 Å². The molecule has 4 rings (SSSR count). The number of hydrogen-bond acceptors (Lipinski definition) is 2. The first-order chi connectivity index (χ1) is 15.4. The normalized spacial score (nSPS) is 15.7. The summed E-state index contributed by atoms with van der Waals surface area (Å²) in [4.78, 5) is 15.7. The number of nitrogens with zero attached hydrogens (tertiary/aromatic N) is 2. The lowest BCUT2D eigenvalue weighted by Crippen LogP contribution is -2.44. The van der Waals surface area contributed by atoms with Crippen molar-refractivity contribution in [2.24, 2.45) is 0 Å². The molecule has 0 bridgehead atoms. The summed E-state index contributed by atoms with van der Waals surface area (Å²) in [6.07, 6.45) is 2.08. The molecule has 3 aromatic rings. The zero-order valence-corrected chi connectivity index (χ0v) is 19.6. The highest BCUT2D eigenvalue weighted by Gasteiger charge is 2.34. The quantitative estimate of drug-likeness (QED) is 0.509. The molecule has 0 fully saturated rings. The Bertz CT molecular complexity index is 1070. The second-order valence-corrected chi connectivity index (χ2v) is 9.02. The van der Waals surface area contributed by atoms with Crippen molar-refractivity contribution < 1.29 is 9.53 Å². The Hall–Kier alpha value is -3.21. The first-order valence-corrected chi connectivity index (χ1v) is 11.4. The summed E-state index contributed by atoms with van der Waals surface area (Å²) >= 11 is 0. The van der Waals surface area contributed by atoms with Crippen molar-refractivity contribution >= 4 is 11.7 Å². The van der Waals surface area contributed by atoms with E-state index in [9.17, 15) is 4.79 Å². The van der Waals surface area contributed by atoms with Gasteiger partial charge in [0.25, 0.3) is 0 Å². The van der Waals surface area contributed by atoms with Gasteiger partial charge in [0.1, 0.15) is 11.8 Å². The van der Waals surface area contributed by atoms with Crippen molar-refractivity contribution in [2.45, 2.75) is 52.1 Å². The van der Waals surface area contributed by atoms with Gasteiger partial charge in [-0.2, -0.15) is 0 Å². The molecule has 1 aliphatic heterocycles. The van der Waals surface area contributed by atoms with Crippen LogP contribution in [0.3, 0.4) is 0 Å². The van der Waals surface area contributed by atoms with E-state index in [0.29, 0.717) is 18.4 Å². The highest BCUT2D eigenvalue weighted by atomic mass is 16.5.